The second kappa shape index (κ2) is 6.22. The molecule has 0 aliphatic rings. The molecular formula is C17H16N3O2+. The number of nitrogens with zero attached hydrogens (tertiary/aromatic N) is 3. The molecule has 0 saturated carbocycles. The molecule has 0 amide bonds. The Morgan fingerprint density at radius 2 is 1.91 bits per heavy atom. The quantitative estimate of drug-likeness (QED) is 0.347. The molecule has 0 atom stereocenters. The summed E-state index contributed by atoms with van der Waals surface area (Å²) in [6.07, 6.45) is 5.65. The van der Waals surface area contributed by atoms with Crippen LogP contribution in [0.3, 0.4) is 0 Å². The molecule has 0 fully saturated rings. The molecule has 0 aliphatic heterocycles. The van der Waals surface area contributed by atoms with Crippen molar-refractivity contribution in [2.75, 3.05) is 0 Å². The Kier molecular flexibility index (Phi) is 3.96. The molecule has 1 N–H and O–H groups in total. The molecule has 0 aliphatic carbocycles. The topological polar surface area (TPSA) is 58.0 Å². The van der Waals surface area contributed by atoms with E-state index < -0.39 is 0 Å². The first kappa shape index (κ1) is 14.0. The van der Waals surface area contributed by atoms with Crippen LogP contribution in [0.4, 0.5) is 0 Å². The summed E-state index contributed by atoms with van der Waals surface area (Å²) >= 11 is 0. The summed E-state index contributed by atoms with van der Waals surface area (Å²) in [6.45, 7) is 0.623. The van der Waals surface area contributed by atoms with Crippen molar-refractivity contribution < 1.29 is 9.77 Å². The summed E-state index contributed by atoms with van der Waals surface area (Å²) in [7, 11) is 0. The molecule has 1 aromatic carbocycles. The standard InChI is InChI=1S/C17H15N3O2/c21-17-15(14-7-2-1-3-8-14)13-19(11-6-10-18-22)16-9-4-5-12-20(16)17/h1-5,7-10,12-13H,6,11H2/p+1. The maximum absolute atomic E-state index is 12.7. The van der Waals surface area contributed by atoms with E-state index in [1.807, 2.05) is 59.3 Å². The van der Waals surface area contributed by atoms with Crippen LogP contribution in [-0.2, 0) is 6.54 Å². The predicted octanol–water partition coefficient (Wildman–Crippen LogP) is 2.10. The summed E-state index contributed by atoms with van der Waals surface area (Å²) in [4.78, 5) is 12.7. The number of aromatic nitrogens is 2. The van der Waals surface area contributed by atoms with Gasteiger partial charge in [0.05, 0.1) is 12.7 Å². The van der Waals surface area contributed by atoms with Gasteiger partial charge >= 0.3 is 5.56 Å². The first-order valence-electron chi connectivity index (χ1n) is 7.06. The molecule has 0 radical (unpaired) electrons. The molecule has 110 valence electrons. The zero-order chi connectivity index (χ0) is 15.4. The van der Waals surface area contributed by atoms with Crippen LogP contribution in [0.15, 0.2) is 70.9 Å². The Balaban J connectivity index is 2.21. The van der Waals surface area contributed by atoms with Crippen molar-refractivity contribution in [3.05, 3.63) is 71.3 Å². The van der Waals surface area contributed by atoms with Crippen molar-refractivity contribution in [2.24, 2.45) is 5.16 Å². The van der Waals surface area contributed by atoms with Gasteiger partial charge in [0.25, 0.3) is 5.65 Å². The van der Waals surface area contributed by atoms with Gasteiger partial charge in [-0.05, 0) is 11.6 Å². The molecule has 5 nitrogen and oxygen atoms in total. The van der Waals surface area contributed by atoms with Gasteiger partial charge in [-0.2, -0.15) is 4.40 Å². The van der Waals surface area contributed by atoms with E-state index in [0.717, 1.165) is 11.2 Å². The number of hydrogen-bond acceptors (Lipinski definition) is 3. The lowest BCUT2D eigenvalue weighted by Crippen LogP contribution is -2.40. The highest BCUT2D eigenvalue weighted by Crippen LogP contribution is 2.13. The predicted molar refractivity (Wildman–Crippen MR) is 84.2 cm³/mol. The minimum atomic E-state index is -0.0473. The number of hydrogen-bond donors (Lipinski definition) is 1. The zero-order valence-corrected chi connectivity index (χ0v) is 12.0. The third-order valence-corrected chi connectivity index (χ3v) is 3.53. The highest BCUT2D eigenvalue weighted by atomic mass is 16.4. The number of pyridine rings is 1. The molecular weight excluding hydrogens is 278 g/mol. The fourth-order valence-corrected chi connectivity index (χ4v) is 2.50. The molecule has 22 heavy (non-hydrogen) atoms. The second-order valence-corrected chi connectivity index (χ2v) is 4.92. The average molecular weight is 294 g/mol. The minimum absolute atomic E-state index is 0.0473. The van der Waals surface area contributed by atoms with Crippen molar-refractivity contribution in [2.45, 2.75) is 13.0 Å². The lowest BCUT2D eigenvalue weighted by molar-refractivity contribution is -0.672. The molecule has 0 bridgehead atoms. The first-order valence-corrected chi connectivity index (χ1v) is 7.06. The molecule has 2 aromatic heterocycles. The van der Waals surface area contributed by atoms with E-state index >= 15 is 0 Å². The van der Waals surface area contributed by atoms with Crippen LogP contribution in [0.1, 0.15) is 6.42 Å². The molecule has 3 aromatic rings. The molecule has 5 heteroatoms. The normalized spacial score (nSPS) is 11.3. The minimum Gasteiger partial charge on any atom is -0.411 e. The largest absolute Gasteiger partial charge is 0.411 e. The van der Waals surface area contributed by atoms with E-state index in [0.29, 0.717) is 18.5 Å². The van der Waals surface area contributed by atoms with Gasteiger partial charge in [0.2, 0.25) is 0 Å². The van der Waals surface area contributed by atoms with Crippen LogP contribution in [0.5, 0.6) is 0 Å². The Bertz CT molecular complexity index is 870. The van der Waals surface area contributed by atoms with E-state index in [1.54, 1.807) is 10.6 Å². The van der Waals surface area contributed by atoms with Gasteiger partial charge in [-0.25, -0.2) is 9.36 Å². The lowest BCUT2D eigenvalue weighted by Gasteiger charge is -2.06. The number of oxime groups is 1. The number of rotatable bonds is 4. The van der Waals surface area contributed by atoms with Crippen molar-refractivity contribution in [3.63, 3.8) is 0 Å². The summed E-state index contributed by atoms with van der Waals surface area (Å²) < 4.78 is 3.63. The fraction of sp³-hybridized carbons (Fsp3) is 0.118. The Hall–Kier alpha value is -2.95. The van der Waals surface area contributed by atoms with Gasteiger partial charge in [0.15, 0.2) is 0 Å². The lowest BCUT2D eigenvalue weighted by atomic mass is 10.1. The third-order valence-electron chi connectivity index (χ3n) is 3.53. The van der Waals surface area contributed by atoms with Crippen molar-refractivity contribution in [1.82, 2.24) is 4.40 Å². The van der Waals surface area contributed by atoms with Gasteiger partial charge < -0.3 is 5.21 Å². The highest BCUT2D eigenvalue weighted by molar-refractivity contribution is 5.61. The van der Waals surface area contributed by atoms with Crippen LogP contribution in [0.25, 0.3) is 16.8 Å². The Morgan fingerprint density at radius 3 is 2.68 bits per heavy atom. The van der Waals surface area contributed by atoms with Crippen molar-refractivity contribution >= 4 is 11.9 Å². The van der Waals surface area contributed by atoms with E-state index in [2.05, 4.69) is 5.16 Å². The highest BCUT2D eigenvalue weighted by Gasteiger charge is 2.16. The zero-order valence-electron chi connectivity index (χ0n) is 12.0. The van der Waals surface area contributed by atoms with Crippen LogP contribution in [0, 0.1) is 0 Å². The van der Waals surface area contributed by atoms with E-state index in [4.69, 9.17) is 5.21 Å². The summed E-state index contributed by atoms with van der Waals surface area (Å²) in [5.74, 6) is 0. The van der Waals surface area contributed by atoms with Crippen LogP contribution in [0.2, 0.25) is 0 Å². The molecule has 0 spiro atoms. The summed E-state index contributed by atoms with van der Waals surface area (Å²) in [6, 6.07) is 15.2. The van der Waals surface area contributed by atoms with Crippen LogP contribution < -0.4 is 10.1 Å². The summed E-state index contributed by atoms with van der Waals surface area (Å²) in [5.41, 5.74) is 2.29. The van der Waals surface area contributed by atoms with E-state index in [-0.39, 0.29) is 5.56 Å². The number of benzene rings is 1. The van der Waals surface area contributed by atoms with Crippen LogP contribution in [-0.4, -0.2) is 15.8 Å². The monoisotopic (exact) mass is 294 g/mol. The Labute approximate surface area is 127 Å². The van der Waals surface area contributed by atoms with Crippen LogP contribution >= 0.6 is 0 Å². The van der Waals surface area contributed by atoms with Gasteiger partial charge in [-0.1, -0.05) is 36.4 Å². The van der Waals surface area contributed by atoms with Crippen molar-refractivity contribution in [3.8, 4) is 11.1 Å². The molecule has 0 unspecified atom stereocenters. The SMILES string of the molecule is O=c1c(-c2ccccc2)c[n+](CCC=NO)c2ccccn12. The van der Waals surface area contributed by atoms with Crippen molar-refractivity contribution in [1.29, 1.82) is 0 Å². The van der Waals surface area contributed by atoms with E-state index in [1.165, 1.54) is 6.21 Å². The Morgan fingerprint density at radius 1 is 1.14 bits per heavy atom. The molecule has 3 rings (SSSR count). The maximum atomic E-state index is 12.7. The average Bonchev–Trinajstić information content (AvgIpc) is 2.58. The van der Waals surface area contributed by atoms with Gasteiger partial charge in [-0.15, -0.1) is 5.16 Å². The number of aryl methyl sites for hydroxylation is 1. The summed E-state index contributed by atoms with van der Waals surface area (Å²) in [5, 5.41) is 11.6. The first-order chi connectivity index (χ1) is 10.8. The van der Waals surface area contributed by atoms with Gasteiger partial charge in [0.1, 0.15) is 11.8 Å². The van der Waals surface area contributed by atoms with Gasteiger partial charge in [-0.3, -0.25) is 0 Å². The maximum Gasteiger partial charge on any atom is 0.350 e. The number of fused-ring (bicyclic) bond motifs is 1. The second-order valence-electron chi connectivity index (χ2n) is 4.92. The van der Waals surface area contributed by atoms with E-state index in [9.17, 15) is 4.79 Å². The molecule has 2 heterocycles. The fourth-order valence-electron chi connectivity index (χ4n) is 2.50. The van der Waals surface area contributed by atoms with Gasteiger partial charge in [0, 0.05) is 18.7 Å². The third kappa shape index (κ3) is 2.61. The smallest absolute Gasteiger partial charge is 0.350 e. The molecule has 0 saturated heterocycles.